The van der Waals surface area contributed by atoms with E-state index in [0.29, 0.717) is 6.61 Å². The minimum atomic E-state index is -0.620. The number of anilines is 1. The van der Waals surface area contributed by atoms with Gasteiger partial charge in [0.25, 0.3) is 0 Å². The van der Waals surface area contributed by atoms with Crippen molar-refractivity contribution in [2.45, 2.75) is 33.2 Å². The van der Waals surface area contributed by atoms with Crippen molar-refractivity contribution in [3.8, 4) is 0 Å². The summed E-state index contributed by atoms with van der Waals surface area (Å²) in [6, 6.07) is 7.02. The maximum atomic E-state index is 11.7. The number of benzene rings is 1. The average Bonchev–Trinajstić information content (AvgIpc) is 2.31. The number of carbonyl (C=O) groups excluding carboxylic acids is 2. The lowest BCUT2D eigenvalue weighted by atomic mass is 10.1. The van der Waals surface area contributed by atoms with Crippen LogP contribution in [-0.2, 0) is 14.3 Å². The number of hydrogen-bond donors (Lipinski definition) is 1. The first-order chi connectivity index (χ1) is 8.52. The summed E-state index contributed by atoms with van der Waals surface area (Å²) in [5.41, 5.74) is 1.94. The Balaban J connectivity index is 2.74. The van der Waals surface area contributed by atoms with Crippen molar-refractivity contribution < 1.29 is 14.3 Å². The molecule has 18 heavy (non-hydrogen) atoms. The fraction of sp³-hybridized carbons (Fsp3) is 0.429. The Morgan fingerprint density at radius 3 is 2.39 bits per heavy atom. The van der Waals surface area contributed by atoms with Crippen molar-refractivity contribution in [3.05, 3.63) is 29.8 Å². The van der Waals surface area contributed by atoms with Crippen molar-refractivity contribution in [1.82, 2.24) is 0 Å². The minimum Gasteiger partial charge on any atom is -0.464 e. The molecule has 0 amide bonds. The fourth-order valence-electron chi connectivity index (χ4n) is 1.57. The van der Waals surface area contributed by atoms with Crippen molar-refractivity contribution in [2.75, 3.05) is 11.9 Å². The first-order valence-electron chi connectivity index (χ1n) is 6.02. The quantitative estimate of drug-likeness (QED) is 0.786. The molecule has 0 heterocycles. The number of esters is 1. The molecule has 0 radical (unpaired) electrons. The smallest absolute Gasteiger partial charge is 0.329 e. The zero-order chi connectivity index (χ0) is 13.5. The van der Waals surface area contributed by atoms with Gasteiger partial charge in [0, 0.05) is 12.1 Å². The van der Waals surface area contributed by atoms with Gasteiger partial charge >= 0.3 is 5.97 Å². The van der Waals surface area contributed by atoms with Crippen molar-refractivity contribution in [1.29, 1.82) is 0 Å². The lowest BCUT2D eigenvalue weighted by Crippen LogP contribution is -2.33. The summed E-state index contributed by atoms with van der Waals surface area (Å²) in [5, 5.41) is 3.03. The van der Waals surface area contributed by atoms with Gasteiger partial charge in [0.2, 0.25) is 0 Å². The molecule has 1 aromatic rings. The van der Waals surface area contributed by atoms with E-state index in [4.69, 9.17) is 4.74 Å². The van der Waals surface area contributed by atoms with Crippen molar-refractivity contribution in [3.63, 3.8) is 0 Å². The molecular formula is C14H19NO3. The number of rotatable bonds is 6. The SMILES string of the molecule is CCOC(=O)C(CC(C)=O)Nc1ccc(C)cc1. The summed E-state index contributed by atoms with van der Waals surface area (Å²) in [5.74, 6) is -0.444. The van der Waals surface area contributed by atoms with Gasteiger partial charge in [-0.25, -0.2) is 4.79 Å². The number of nitrogens with one attached hydrogen (secondary N) is 1. The van der Waals surface area contributed by atoms with Gasteiger partial charge in [-0.05, 0) is 32.9 Å². The highest BCUT2D eigenvalue weighted by atomic mass is 16.5. The number of ether oxygens (including phenoxy) is 1. The Bertz CT molecular complexity index is 412. The summed E-state index contributed by atoms with van der Waals surface area (Å²) >= 11 is 0. The third kappa shape index (κ3) is 4.57. The van der Waals surface area contributed by atoms with Crippen LogP contribution >= 0.6 is 0 Å². The highest BCUT2D eigenvalue weighted by molar-refractivity contribution is 5.87. The van der Waals surface area contributed by atoms with Gasteiger partial charge in [0.15, 0.2) is 0 Å². The Morgan fingerprint density at radius 2 is 1.89 bits per heavy atom. The molecule has 1 N–H and O–H groups in total. The molecule has 1 atom stereocenters. The molecule has 0 spiro atoms. The first kappa shape index (κ1) is 14.2. The van der Waals surface area contributed by atoms with Crippen LogP contribution in [0.4, 0.5) is 5.69 Å². The number of Topliss-reactive ketones (excluding diaryl/α,β-unsaturated/α-hetero) is 1. The third-order valence-electron chi connectivity index (χ3n) is 2.46. The molecule has 1 rings (SSSR count). The second kappa shape index (κ2) is 6.79. The Kier molecular flexibility index (Phi) is 5.36. The molecular weight excluding hydrogens is 230 g/mol. The molecule has 0 aliphatic carbocycles. The van der Waals surface area contributed by atoms with Gasteiger partial charge in [0.05, 0.1) is 6.61 Å². The van der Waals surface area contributed by atoms with Gasteiger partial charge in [-0.1, -0.05) is 17.7 Å². The standard InChI is InChI=1S/C14H19NO3/c1-4-18-14(17)13(9-11(3)16)15-12-7-5-10(2)6-8-12/h5-8,13,15H,4,9H2,1-3H3. The van der Waals surface area contributed by atoms with E-state index in [0.717, 1.165) is 11.3 Å². The maximum absolute atomic E-state index is 11.7. The molecule has 1 unspecified atom stereocenters. The van der Waals surface area contributed by atoms with E-state index in [9.17, 15) is 9.59 Å². The highest BCUT2D eigenvalue weighted by Crippen LogP contribution is 2.12. The van der Waals surface area contributed by atoms with E-state index < -0.39 is 12.0 Å². The second-order valence-electron chi connectivity index (χ2n) is 4.22. The Morgan fingerprint density at radius 1 is 1.28 bits per heavy atom. The molecule has 0 saturated heterocycles. The van der Waals surface area contributed by atoms with E-state index >= 15 is 0 Å². The van der Waals surface area contributed by atoms with Crippen LogP contribution in [0, 0.1) is 6.92 Å². The van der Waals surface area contributed by atoms with Crippen LogP contribution < -0.4 is 5.32 Å². The van der Waals surface area contributed by atoms with Crippen LogP contribution in [0.3, 0.4) is 0 Å². The van der Waals surface area contributed by atoms with Crippen LogP contribution in [0.15, 0.2) is 24.3 Å². The molecule has 4 heteroatoms. The van der Waals surface area contributed by atoms with E-state index in [1.165, 1.54) is 6.92 Å². The van der Waals surface area contributed by atoms with Crippen molar-refractivity contribution >= 4 is 17.4 Å². The summed E-state index contributed by atoms with van der Waals surface area (Å²) in [6.07, 6.45) is 0.132. The second-order valence-corrected chi connectivity index (χ2v) is 4.22. The van der Waals surface area contributed by atoms with E-state index in [1.807, 2.05) is 31.2 Å². The number of carbonyl (C=O) groups is 2. The van der Waals surface area contributed by atoms with Crippen LogP contribution in [-0.4, -0.2) is 24.4 Å². The number of ketones is 1. The first-order valence-corrected chi connectivity index (χ1v) is 6.02. The monoisotopic (exact) mass is 249 g/mol. The van der Waals surface area contributed by atoms with Gasteiger partial charge in [-0.2, -0.15) is 0 Å². The normalized spacial score (nSPS) is 11.7. The predicted molar refractivity (Wildman–Crippen MR) is 70.5 cm³/mol. The molecule has 0 aromatic heterocycles. The van der Waals surface area contributed by atoms with E-state index in [-0.39, 0.29) is 12.2 Å². The summed E-state index contributed by atoms with van der Waals surface area (Å²) in [7, 11) is 0. The maximum Gasteiger partial charge on any atom is 0.329 e. The van der Waals surface area contributed by atoms with Crippen LogP contribution in [0.1, 0.15) is 25.8 Å². The molecule has 0 bridgehead atoms. The lowest BCUT2D eigenvalue weighted by molar-refractivity contribution is -0.145. The largest absolute Gasteiger partial charge is 0.464 e. The van der Waals surface area contributed by atoms with Crippen molar-refractivity contribution in [2.24, 2.45) is 0 Å². The molecule has 0 fully saturated rings. The third-order valence-corrected chi connectivity index (χ3v) is 2.46. The minimum absolute atomic E-state index is 0.0485. The zero-order valence-electron chi connectivity index (χ0n) is 11.0. The summed E-state index contributed by atoms with van der Waals surface area (Å²) in [6.45, 7) is 5.50. The molecule has 98 valence electrons. The molecule has 4 nitrogen and oxygen atoms in total. The summed E-state index contributed by atoms with van der Waals surface area (Å²) < 4.78 is 4.95. The van der Waals surface area contributed by atoms with Crippen LogP contribution in [0.2, 0.25) is 0 Å². The molecule has 0 saturated carbocycles. The Labute approximate surface area is 107 Å². The van der Waals surface area contributed by atoms with Gasteiger partial charge in [-0.3, -0.25) is 4.79 Å². The number of hydrogen-bond acceptors (Lipinski definition) is 4. The van der Waals surface area contributed by atoms with Gasteiger partial charge in [0.1, 0.15) is 11.8 Å². The van der Waals surface area contributed by atoms with Crippen LogP contribution in [0.25, 0.3) is 0 Å². The number of aryl methyl sites for hydroxylation is 1. The predicted octanol–water partition coefficient (Wildman–Crippen LogP) is 2.32. The molecule has 0 aliphatic heterocycles. The zero-order valence-corrected chi connectivity index (χ0v) is 11.0. The van der Waals surface area contributed by atoms with E-state index in [2.05, 4.69) is 5.32 Å². The fourth-order valence-corrected chi connectivity index (χ4v) is 1.57. The van der Waals surface area contributed by atoms with E-state index in [1.54, 1.807) is 6.92 Å². The van der Waals surface area contributed by atoms with Gasteiger partial charge < -0.3 is 10.1 Å². The average molecular weight is 249 g/mol. The van der Waals surface area contributed by atoms with Gasteiger partial charge in [-0.15, -0.1) is 0 Å². The lowest BCUT2D eigenvalue weighted by Gasteiger charge is -2.17. The topological polar surface area (TPSA) is 55.4 Å². The summed E-state index contributed by atoms with van der Waals surface area (Å²) in [4.78, 5) is 22.9. The molecule has 1 aromatic carbocycles. The Hall–Kier alpha value is -1.84. The van der Waals surface area contributed by atoms with Crippen LogP contribution in [0.5, 0.6) is 0 Å². The highest BCUT2D eigenvalue weighted by Gasteiger charge is 2.21. The molecule has 0 aliphatic rings.